The second kappa shape index (κ2) is 7.27. The number of aromatic nitrogens is 1. The average molecular weight is 428 g/mol. The van der Waals surface area contributed by atoms with Crippen molar-refractivity contribution in [2.45, 2.75) is 25.9 Å². The first-order chi connectivity index (χ1) is 13.0. The maximum absolute atomic E-state index is 13.8. The number of nitrogens with zero attached hydrogens (tertiary/aromatic N) is 2. The predicted molar refractivity (Wildman–Crippen MR) is 108 cm³/mol. The van der Waals surface area contributed by atoms with E-state index in [4.69, 9.17) is 0 Å². The predicted octanol–water partition coefficient (Wildman–Crippen LogP) is 5.04. The van der Waals surface area contributed by atoms with Crippen LogP contribution < -0.4 is 5.32 Å². The van der Waals surface area contributed by atoms with Gasteiger partial charge in [-0.15, -0.1) is 0 Å². The van der Waals surface area contributed by atoms with E-state index in [1.807, 2.05) is 30.3 Å². The molecule has 1 aromatic heterocycles. The molecule has 27 heavy (non-hydrogen) atoms. The molecule has 1 unspecified atom stereocenters. The molecule has 1 N–H and O–H groups in total. The van der Waals surface area contributed by atoms with Gasteiger partial charge in [0.05, 0.1) is 11.6 Å². The molecule has 3 aromatic rings. The molecule has 138 valence electrons. The molecule has 4 nitrogen and oxygen atoms in total. The van der Waals surface area contributed by atoms with E-state index in [1.54, 1.807) is 18.0 Å². The highest BCUT2D eigenvalue weighted by molar-refractivity contribution is 9.10. The number of hydrogen-bond acceptors (Lipinski definition) is 3. The molecule has 2 heterocycles. The van der Waals surface area contributed by atoms with Crippen molar-refractivity contribution >= 4 is 38.4 Å². The highest BCUT2D eigenvalue weighted by Gasteiger charge is 2.24. The Hall–Kier alpha value is -2.47. The largest absolute Gasteiger partial charge is 0.378 e. The zero-order chi connectivity index (χ0) is 19.0. The van der Waals surface area contributed by atoms with Crippen LogP contribution in [0, 0.1) is 5.82 Å². The van der Waals surface area contributed by atoms with Crippen molar-refractivity contribution < 1.29 is 9.18 Å². The lowest BCUT2D eigenvalue weighted by atomic mass is 9.98. The zero-order valence-corrected chi connectivity index (χ0v) is 16.5. The van der Waals surface area contributed by atoms with Crippen LogP contribution in [0.4, 0.5) is 10.1 Å². The summed E-state index contributed by atoms with van der Waals surface area (Å²) in [5.74, 6) is -0.277. The molecule has 1 atom stereocenters. The minimum absolute atomic E-state index is 0.00385. The molecule has 1 amide bonds. The molecule has 6 heteroatoms. The summed E-state index contributed by atoms with van der Waals surface area (Å²) in [6, 6.07) is 12.7. The number of carbonyl (C=O) groups excluding carboxylic acids is 1. The van der Waals surface area contributed by atoms with E-state index >= 15 is 0 Å². The van der Waals surface area contributed by atoms with Crippen molar-refractivity contribution in [3.8, 4) is 0 Å². The molecule has 0 fully saturated rings. The Labute approximate surface area is 165 Å². The third-order valence-electron chi connectivity index (χ3n) is 5.01. The van der Waals surface area contributed by atoms with Gasteiger partial charge in [-0.05, 0) is 53.9 Å². The fourth-order valence-corrected chi connectivity index (χ4v) is 3.99. The van der Waals surface area contributed by atoms with Crippen LogP contribution in [0.25, 0.3) is 10.9 Å². The van der Waals surface area contributed by atoms with Gasteiger partial charge in [0.25, 0.3) is 0 Å². The number of nitrogens with one attached hydrogen (secondary N) is 1. The first-order valence-corrected chi connectivity index (χ1v) is 9.65. The Morgan fingerprint density at radius 1 is 1.26 bits per heavy atom. The lowest BCUT2D eigenvalue weighted by Crippen LogP contribution is -2.28. The molecule has 4 rings (SSSR count). The van der Waals surface area contributed by atoms with Gasteiger partial charge in [-0.3, -0.25) is 9.78 Å². The maximum atomic E-state index is 13.8. The molecule has 1 aliphatic heterocycles. The van der Waals surface area contributed by atoms with E-state index in [-0.39, 0.29) is 17.8 Å². The second-order valence-electron chi connectivity index (χ2n) is 6.79. The topological polar surface area (TPSA) is 45.2 Å². The summed E-state index contributed by atoms with van der Waals surface area (Å²) in [5.41, 5.74) is 3.75. The number of pyridine rings is 1. The van der Waals surface area contributed by atoms with E-state index < -0.39 is 0 Å². The number of amides is 1. The van der Waals surface area contributed by atoms with Gasteiger partial charge < -0.3 is 10.2 Å². The van der Waals surface area contributed by atoms with Crippen molar-refractivity contribution in [1.82, 2.24) is 9.88 Å². The van der Waals surface area contributed by atoms with Crippen molar-refractivity contribution in [2.75, 3.05) is 11.9 Å². The normalized spacial score (nSPS) is 16.7. The summed E-state index contributed by atoms with van der Waals surface area (Å²) < 4.78 is 14.8. The summed E-state index contributed by atoms with van der Waals surface area (Å²) in [7, 11) is 0. The second-order valence-corrected chi connectivity index (χ2v) is 7.70. The first kappa shape index (κ1) is 17.9. The van der Waals surface area contributed by atoms with Crippen LogP contribution in [0.3, 0.4) is 0 Å². The van der Waals surface area contributed by atoms with Crippen LogP contribution in [0.2, 0.25) is 0 Å². The van der Waals surface area contributed by atoms with Crippen LogP contribution in [-0.4, -0.2) is 22.3 Å². The highest BCUT2D eigenvalue weighted by atomic mass is 79.9. The number of rotatable bonds is 2. The van der Waals surface area contributed by atoms with Crippen LogP contribution in [0.5, 0.6) is 0 Å². The number of halogens is 2. The summed E-state index contributed by atoms with van der Waals surface area (Å²) in [4.78, 5) is 18.1. The number of hydrogen-bond donors (Lipinski definition) is 1. The minimum Gasteiger partial charge on any atom is -0.378 e. The molecule has 1 aliphatic rings. The van der Waals surface area contributed by atoms with E-state index in [0.29, 0.717) is 13.1 Å². The number of carbonyl (C=O) groups is 1. The van der Waals surface area contributed by atoms with Crippen LogP contribution in [0.1, 0.15) is 30.5 Å². The first-order valence-electron chi connectivity index (χ1n) is 8.86. The molecule has 0 saturated heterocycles. The van der Waals surface area contributed by atoms with Crippen LogP contribution in [-0.2, 0) is 11.3 Å². The minimum atomic E-state index is -0.281. The van der Waals surface area contributed by atoms with Gasteiger partial charge in [0.15, 0.2) is 0 Å². The summed E-state index contributed by atoms with van der Waals surface area (Å²) >= 11 is 3.52. The summed E-state index contributed by atoms with van der Waals surface area (Å²) in [6.45, 7) is 2.61. The molecule has 0 spiro atoms. The van der Waals surface area contributed by atoms with Crippen LogP contribution in [0.15, 0.2) is 53.1 Å². The Bertz CT molecular complexity index is 1020. The SMILES string of the molecule is CC(=O)N1CCC(Nc2ccnc3ccc(Br)cc23)c2ccc(F)cc2C1. The molecular weight excluding hydrogens is 409 g/mol. The van der Waals surface area contributed by atoms with E-state index in [0.717, 1.165) is 38.6 Å². The van der Waals surface area contributed by atoms with Gasteiger partial charge in [-0.2, -0.15) is 0 Å². The quantitative estimate of drug-likeness (QED) is 0.622. The molecule has 0 aliphatic carbocycles. The van der Waals surface area contributed by atoms with Gasteiger partial charge in [-0.1, -0.05) is 22.0 Å². The fraction of sp³-hybridized carbons (Fsp3) is 0.238. The Kier molecular flexibility index (Phi) is 4.83. The van der Waals surface area contributed by atoms with Gasteiger partial charge in [0.2, 0.25) is 5.91 Å². The monoisotopic (exact) mass is 427 g/mol. The highest BCUT2D eigenvalue weighted by Crippen LogP contribution is 2.33. The van der Waals surface area contributed by atoms with Crippen molar-refractivity contribution in [2.24, 2.45) is 0 Å². The Balaban J connectivity index is 1.74. The lowest BCUT2D eigenvalue weighted by molar-refractivity contribution is -0.129. The van der Waals surface area contributed by atoms with Gasteiger partial charge in [0.1, 0.15) is 5.82 Å². The average Bonchev–Trinajstić information content (AvgIpc) is 2.81. The van der Waals surface area contributed by atoms with Crippen LogP contribution >= 0.6 is 15.9 Å². The van der Waals surface area contributed by atoms with Gasteiger partial charge in [-0.25, -0.2) is 4.39 Å². The molecule has 0 saturated carbocycles. The summed E-state index contributed by atoms with van der Waals surface area (Å²) in [6.07, 6.45) is 2.53. The standard InChI is InChI=1S/C21H19BrFN3O/c1-13(27)26-9-7-21(17-4-3-16(23)10-14(17)12-26)25-20-6-8-24-19-5-2-15(22)11-18(19)20/h2-6,8,10-11,21H,7,9,12H2,1H3,(H,24,25). The third-order valence-corrected chi connectivity index (χ3v) is 5.50. The van der Waals surface area contributed by atoms with Gasteiger partial charge in [0, 0.05) is 41.8 Å². The molecular formula is C21H19BrFN3O. The Morgan fingerprint density at radius 3 is 2.93 bits per heavy atom. The maximum Gasteiger partial charge on any atom is 0.219 e. The van der Waals surface area contributed by atoms with Crippen molar-refractivity contribution in [1.29, 1.82) is 0 Å². The van der Waals surface area contributed by atoms with Gasteiger partial charge >= 0.3 is 0 Å². The molecule has 2 aromatic carbocycles. The molecule has 0 bridgehead atoms. The third kappa shape index (κ3) is 3.67. The molecule has 0 radical (unpaired) electrons. The number of fused-ring (bicyclic) bond motifs is 2. The smallest absolute Gasteiger partial charge is 0.219 e. The zero-order valence-electron chi connectivity index (χ0n) is 14.9. The van der Waals surface area contributed by atoms with E-state index in [9.17, 15) is 9.18 Å². The van der Waals surface area contributed by atoms with Crippen molar-refractivity contribution in [3.63, 3.8) is 0 Å². The summed E-state index contributed by atoms with van der Waals surface area (Å²) in [5, 5.41) is 4.62. The number of anilines is 1. The van der Waals surface area contributed by atoms with E-state index in [2.05, 4.69) is 26.2 Å². The number of benzene rings is 2. The van der Waals surface area contributed by atoms with E-state index in [1.165, 1.54) is 12.1 Å². The fourth-order valence-electron chi connectivity index (χ4n) is 3.63. The van der Waals surface area contributed by atoms with Crippen molar-refractivity contribution in [3.05, 3.63) is 70.1 Å². The lowest BCUT2D eigenvalue weighted by Gasteiger charge is -2.21. The Morgan fingerprint density at radius 2 is 2.11 bits per heavy atom.